The Morgan fingerprint density at radius 1 is 0.930 bits per heavy atom. The second-order valence-corrected chi connectivity index (χ2v) is 11.3. The van der Waals surface area contributed by atoms with Gasteiger partial charge in [0, 0.05) is 24.1 Å². The molecule has 0 fully saturated rings. The molecule has 0 radical (unpaired) electrons. The Balaban J connectivity index is 1.74. The van der Waals surface area contributed by atoms with Crippen LogP contribution in [0, 0.1) is 0 Å². The van der Waals surface area contributed by atoms with Crippen molar-refractivity contribution in [2.24, 2.45) is 0 Å². The SMILES string of the molecule is CCCOc1cc2c(cc1OCC)C1=C(Oc3ccc(C(C)C)cc3)c3ccc(OC(C)=O)c(C(C)CC)c3OC1CO2. The third-order valence-corrected chi connectivity index (χ3v) is 7.84. The van der Waals surface area contributed by atoms with Gasteiger partial charge in [-0.25, -0.2) is 0 Å². The summed E-state index contributed by atoms with van der Waals surface area (Å²) in [4.78, 5) is 12.0. The second-order valence-electron chi connectivity index (χ2n) is 11.3. The number of carbonyl (C=O) groups is 1. The van der Waals surface area contributed by atoms with Gasteiger partial charge in [-0.2, -0.15) is 0 Å². The van der Waals surface area contributed by atoms with E-state index >= 15 is 0 Å². The van der Waals surface area contributed by atoms with Crippen molar-refractivity contribution in [2.75, 3.05) is 19.8 Å². The van der Waals surface area contributed by atoms with Gasteiger partial charge >= 0.3 is 5.97 Å². The van der Waals surface area contributed by atoms with E-state index in [1.54, 1.807) is 0 Å². The topological polar surface area (TPSA) is 72.5 Å². The van der Waals surface area contributed by atoms with Gasteiger partial charge in [0.25, 0.3) is 0 Å². The summed E-state index contributed by atoms with van der Waals surface area (Å²) >= 11 is 0. The summed E-state index contributed by atoms with van der Waals surface area (Å²) in [5.41, 5.74) is 4.58. The zero-order valence-electron chi connectivity index (χ0n) is 26.2. The van der Waals surface area contributed by atoms with Gasteiger partial charge in [0.1, 0.15) is 35.4 Å². The van der Waals surface area contributed by atoms with Gasteiger partial charge in [-0.15, -0.1) is 0 Å². The molecule has 228 valence electrons. The van der Waals surface area contributed by atoms with Gasteiger partial charge in [-0.3, -0.25) is 4.79 Å². The number of benzene rings is 3. The zero-order chi connectivity index (χ0) is 30.7. The zero-order valence-corrected chi connectivity index (χ0v) is 26.2. The number of carbonyl (C=O) groups excluding carboxylic acids is 1. The average Bonchev–Trinajstić information content (AvgIpc) is 2.99. The van der Waals surface area contributed by atoms with Gasteiger partial charge < -0.3 is 28.4 Å². The van der Waals surface area contributed by atoms with Crippen LogP contribution in [-0.4, -0.2) is 31.9 Å². The van der Waals surface area contributed by atoms with Crippen molar-refractivity contribution in [3.63, 3.8) is 0 Å². The molecule has 2 aliphatic heterocycles. The highest BCUT2D eigenvalue weighted by Crippen LogP contribution is 2.52. The molecule has 0 aliphatic carbocycles. The number of fused-ring (bicyclic) bond motifs is 4. The summed E-state index contributed by atoms with van der Waals surface area (Å²) in [5, 5.41) is 0. The van der Waals surface area contributed by atoms with Crippen LogP contribution in [0.1, 0.15) is 95.4 Å². The van der Waals surface area contributed by atoms with E-state index in [2.05, 4.69) is 46.8 Å². The standard InChI is InChI=1S/C36H42O7/c1-8-17-39-31-19-29-27(18-30(31)38-10-3)34-32(20-40-29)43-35-26(15-16-28(41-23(7)37)33(35)22(6)9-2)36(34)42-25-13-11-24(12-14-25)21(4)5/h11-16,18-19,21-22,32H,8-10,17,20H2,1-7H3. The van der Waals surface area contributed by atoms with Crippen LogP contribution in [0.25, 0.3) is 11.3 Å². The lowest BCUT2D eigenvalue weighted by Gasteiger charge is -2.37. The molecule has 0 bridgehead atoms. The number of ether oxygens (including phenoxy) is 6. The maximum Gasteiger partial charge on any atom is 0.308 e. The molecular weight excluding hydrogens is 544 g/mol. The Labute approximate surface area is 254 Å². The fourth-order valence-corrected chi connectivity index (χ4v) is 5.49. The van der Waals surface area contributed by atoms with Gasteiger partial charge in [0.15, 0.2) is 17.6 Å². The third-order valence-electron chi connectivity index (χ3n) is 7.84. The largest absolute Gasteiger partial charge is 0.490 e. The highest BCUT2D eigenvalue weighted by Gasteiger charge is 2.40. The first-order valence-corrected chi connectivity index (χ1v) is 15.4. The molecule has 2 aliphatic rings. The molecule has 0 spiro atoms. The normalized spacial score (nSPS) is 15.9. The van der Waals surface area contributed by atoms with Crippen LogP contribution in [0.3, 0.4) is 0 Å². The maximum atomic E-state index is 12.0. The monoisotopic (exact) mass is 586 g/mol. The van der Waals surface area contributed by atoms with Gasteiger partial charge in [0.2, 0.25) is 0 Å². The molecule has 3 aromatic carbocycles. The summed E-state index contributed by atoms with van der Waals surface area (Å²) < 4.78 is 37.5. The van der Waals surface area contributed by atoms with Crippen molar-refractivity contribution < 1.29 is 33.2 Å². The molecular formula is C36H42O7. The Morgan fingerprint density at radius 2 is 1.67 bits per heavy atom. The first-order valence-electron chi connectivity index (χ1n) is 15.4. The molecule has 0 aromatic heterocycles. The Bertz CT molecular complexity index is 1500. The molecule has 7 nitrogen and oxygen atoms in total. The average molecular weight is 587 g/mol. The molecule has 3 aromatic rings. The Hall–Kier alpha value is -4.13. The van der Waals surface area contributed by atoms with Gasteiger partial charge in [0.05, 0.1) is 24.4 Å². The van der Waals surface area contributed by atoms with Crippen molar-refractivity contribution in [3.05, 3.63) is 70.8 Å². The number of hydrogen-bond donors (Lipinski definition) is 0. The van der Waals surface area contributed by atoms with Crippen LogP contribution < -0.4 is 28.4 Å². The van der Waals surface area contributed by atoms with E-state index in [0.29, 0.717) is 59.4 Å². The van der Waals surface area contributed by atoms with Gasteiger partial charge in [-0.1, -0.05) is 46.8 Å². The highest BCUT2D eigenvalue weighted by atomic mass is 16.6. The molecule has 7 heteroatoms. The summed E-state index contributed by atoms with van der Waals surface area (Å²) in [5.74, 6) is 4.61. The minimum Gasteiger partial charge on any atom is -0.490 e. The number of esters is 1. The van der Waals surface area contributed by atoms with E-state index in [0.717, 1.165) is 35.1 Å². The van der Waals surface area contributed by atoms with E-state index in [-0.39, 0.29) is 18.5 Å². The van der Waals surface area contributed by atoms with Crippen LogP contribution in [0.4, 0.5) is 0 Å². The lowest BCUT2D eigenvalue weighted by molar-refractivity contribution is -0.131. The van der Waals surface area contributed by atoms with Crippen LogP contribution in [-0.2, 0) is 4.79 Å². The lowest BCUT2D eigenvalue weighted by Crippen LogP contribution is -2.35. The third kappa shape index (κ3) is 6.17. The summed E-state index contributed by atoms with van der Waals surface area (Å²) in [7, 11) is 0. The van der Waals surface area contributed by atoms with E-state index in [1.165, 1.54) is 12.5 Å². The minimum absolute atomic E-state index is 0.0667. The molecule has 2 atom stereocenters. The summed E-state index contributed by atoms with van der Waals surface area (Å²) in [6.07, 6.45) is 1.25. The molecule has 0 amide bonds. The fourth-order valence-electron chi connectivity index (χ4n) is 5.49. The van der Waals surface area contributed by atoms with Crippen molar-refractivity contribution >= 4 is 17.3 Å². The van der Waals surface area contributed by atoms with Crippen molar-refractivity contribution in [1.82, 2.24) is 0 Å². The highest BCUT2D eigenvalue weighted by molar-refractivity contribution is 5.97. The van der Waals surface area contributed by atoms with Crippen LogP contribution in [0.2, 0.25) is 0 Å². The predicted octanol–water partition coefficient (Wildman–Crippen LogP) is 8.54. The molecule has 2 heterocycles. The van der Waals surface area contributed by atoms with Crippen LogP contribution in [0.15, 0.2) is 48.5 Å². The quantitative estimate of drug-likeness (QED) is 0.165. The molecule has 43 heavy (non-hydrogen) atoms. The maximum absolute atomic E-state index is 12.0. The first kappa shape index (κ1) is 30.3. The Morgan fingerprint density at radius 3 is 2.33 bits per heavy atom. The van der Waals surface area contributed by atoms with Crippen molar-refractivity contribution in [2.45, 2.75) is 79.2 Å². The van der Waals surface area contributed by atoms with E-state index < -0.39 is 6.10 Å². The van der Waals surface area contributed by atoms with E-state index in [9.17, 15) is 4.79 Å². The lowest BCUT2D eigenvalue weighted by atomic mass is 9.87. The summed E-state index contributed by atoms with van der Waals surface area (Å²) in [6, 6.07) is 15.8. The van der Waals surface area contributed by atoms with Gasteiger partial charge in [-0.05, 0) is 67.5 Å². The summed E-state index contributed by atoms with van der Waals surface area (Å²) in [6.45, 7) is 15.3. The molecule has 0 saturated carbocycles. The van der Waals surface area contributed by atoms with Crippen LogP contribution in [0.5, 0.6) is 34.5 Å². The van der Waals surface area contributed by atoms with Crippen LogP contribution >= 0.6 is 0 Å². The number of hydrogen-bond acceptors (Lipinski definition) is 7. The molecule has 0 saturated heterocycles. The molecule has 5 rings (SSSR count). The van der Waals surface area contributed by atoms with Crippen molar-refractivity contribution in [3.8, 4) is 34.5 Å². The molecule has 0 N–H and O–H groups in total. The van der Waals surface area contributed by atoms with E-state index in [4.69, 9.17) is 28.4 Å². The molecule has 2 unspecified atom stereocenters. The predicted molar refractivity (Wildman–Crippen MR) is 168 cm³/mol. The second kappa shape index (κ2) is 13.0. The Kier molecular flexibility index (Phi) is 9.19. The van der Waals surface area contributed by atoms with E-state index in [1.807, 2.05) is 43.3 Å². The van der Waals surface area contributed by atoms with Crippen molar-refractivity contribution in [1.29, 1.82) is 0 Å². The minimum atomic E-state index is -0.461. The smallest absolute Gasteiger partial charge is 0.308 e. The fraction of sp³-hybridized carbons (Fsp3) is 0.417. The number of rotatable bonds is 11. The first-order chi connectivity index (χ1) is 20.7.